The molecule has 0 aliphatic heterocycles. The van der Waals surface area contributed by atoms with Gasteiger partial charge in [-0.3, -0.25) is 4.79 Å². The normalized spacial score (nSPS) is 20.0. The van der Waals surface area contributed by atoms with Crippen molar-refractivity contribution in [2.45, 2.75) is 91.1 Å². The van der Waals surface area contributed by atoms with Gasteiger partial charge in [-0.25, -0.2) is 0 Å². The Labute approximate surface area is 184 Å². The van der Waals surface area contributed by atoms with Crippen LogP contribution in [0.5, 0.6) is 0 Å². The van der Waals surface area contributed by atoms with Gasteiger partial charge in [0.2, 0.25) is 0 Å². The van der Waals surface area contributed by atoms with Gasteiger partial charge in [0.15, 0.2) is 0 Å². The summed E-state index contributed by atoms with van der Waals surface area (Å²) in [7, 11) is 3.77. The van der Waals surface area contributed by atoms with Gasteiger partial charge in [0.1, 0.15) is 24.9 Å². The fourth-order valence-corrected chi connectivity index (χ4v) is 4.19. The first-order chi connectivity index (χ1) is 13.6. The minimum Gasteiger partial charge on any atom is -0.462 e. The van der Waals surface area contributed by atoms with Gasteiger partial charge in [0.25, 0.3) is 0 Å². The van der Waals surface area contributed by atoms with Crippen LogP contribution in [0.2, 0.25) is 0 Å². The number of carbonyl (C=O) groups excluding carboxylic acids is 1. The molecule has 0 amide bonds. The number of likely N-dealkylation sites (N-methyl/N-ethyl adjacent to an activating group) is 1. The third kappa shape index (κ3) is 10.8. The maximum atomic E-state index is 12.5. The highest BCUT2D eigenvalue weighted by atomic mass is 16.6. The van der Waals surface area contributed by atoms with Crippen molar-refractivity contribution in [1.82, 2.24) is 4.90 Å². The molecule has 6 nitrogen and oxygen atoms in total. The van der Waals surface area contributed by atoms with Gasteiger partial charge in [0.05, 0.1) is 11.5 Å². The summed E-state index contributed by atoms with van der Waals surface area (Å²) in [6.45, 7) is 13.3. The van der Waals surface area contributed by atoms with Crippen LogP contribution in [0.1, 0.15) is 67.7 Å². The molecule has 6 atom stereocenters. The largest absolute Gasteiger partial charge is 0.462 e. The zero-order valence-corrected chi connectivity index (χ0v) is 20.6. The highest BCUT2D eigenvalue weighted by molar-refractivity contribution is 5.72. The Kier molecular flexibility index (Phi) is 12.2. The second-order valence-corrected chi connectivity index (χ2v) is 10.1. The van der Waals surface area contributed by atoms with Crippen LogP contribution in [0.3, 0.4) is 0 Å². The number of ether oxygens (including phenoxy) is 2. The maximum absolute atomic E-state index is 12.5. The van der Waals surface area contributed by atoms with Crippen molar-refractivity contribution in [2.75, 3.05) is 27.3 Å². The maximum Gasteiger partial charge on any atom is 0.308 e. The van der Waals surface area contributed by atoms with Gasteiger partial charge in [-0.1, -0.05) is 33.6 Å². The number of rotatable bonds is 14. The van der Waals surface area contributed by atoms with Crippen molar-refractivity contribution in [3.8, 4) is 12.3 Å². The number of terminal acetylenes is 1. The summed E-state index contributed by atoms with van der Waals surface area (Å²) in [4.78, 5) is 14.5. The standard InChI is InChI=1S/C24H45NO5/c1-11-12-29-21(20(6)25(9)10)24(8,28)16-30-22(26)19(5)13-18(4)15-23(7,27)14-17(2)3/h1,17-21,27-28H,12-16H2,2-10H3/t18-,19?,20?,21?,23+,24+/m0/s1. The molecule has 0 heterocycles. The summed E-state index contributed by atoms with van der Waals surface area (Å²) in [5.74, 6) is 2.30. The highest BCUT2D eigenvalue weighted by Gasteiger charge is 2.39. The van der Waals surface area contributed by atoms with E-state index in [1.54, 1.807) is 6.92 Å². The predicted molar refractivity (Wildman–Crippen MR) is 121 cm³/mol. The Morgan fingerprint density at radius 3 is 2.13 bits per heavy atom. The zero-order chi connectivity index (χ0) is 23.7. The lowest BCUT2D eigenvalue weighted by Crippen LogP contribution is -2.55. The molecule has 0 aromatic carbocycles. The molecule has 3 unspecified atom stereocenters. The van der Waals surface area contributed by atoms with E-state index in [1.165, 1.54) is 0 Å². The van der Waals surface area contributed by atoms with Crippen molar-refractivity contribution < 1.29 is 24.5 Å². The third-order valence-electron chi connectivity index (χ3n) is 5.51. The van der Waals surface area contributed by atoms with E-state index in [9.17, 15) is 15.0 Å². The van der Waals surface area contributed by atoms with Gasteiger partial charge in [-0.2, -0.15) is 0 Å². The topological polar surface area (TPSA) is 79.2 Å². The van der Waals surface area contributed by atoms with E-state index in [0.717, 1.165) is 6.42 Å². The van der Waals surface area contributed by atoms with Crippen LogP contribution < -0.4 is 0 Å². The SMILES string of the molecule is C#CCOC(C(C)N(C)C)[C@](C)(O)COC(=O)C(C)C[C@H](C)C[C@](C)(O)CC(C)C. The fraction of sp³-hybridized carbons (Fsp3) is 0.875. The van der Waals surface area contributed by atoms with Crippen molar-refractivity contribution in [2.24, 2.45) is 17.8 Å². The molecule has 0 spiro atoms. The summed E-state index contributed by atoms with van der Waals surface area (Å²) in [5, 5.41) is 21.5. The smallest absolute Gasteiger partial charge is 0.308 e. The number of aliphatic hydroxyl groups is 2. The van der Waals surface area contributed by atoms with Crippen molar-refractivity contribution in [3.63, 3.8) is 0 Å². The van der Waals surface area contributed by atoms with E-state index < -0.39 is 17.3 Å². The van der Waals surface area contributed by atoms with Crippen LogP contribution >= 0.6 is 0 Å². The molecule has 0 fully saturated rings. The molecule has 0 radical (unpaired) electrons. The van der Waals surface area contributed by atoms with Crippen molar-refractivity contribution >= 4 is 5.97 Å². The van der Waals surface area contributed by atoms with E-state index in [1.807, 2.05) is 46.7 Å². The lowest BCUT2D eigenvalue weighted by molar-refractivity contribution is -0.172. The second kappa shape index (κ2) is 12.7. The monoisotopic (exact) mass is 427 g/mol. The molecule has 0 aromatic heterocycles. The van der Waals surface area contributed by atoms with Gasteiger partial charge < -0.3 is 24.6 Å². The number of nitrogens with zero attached hydrogens (tertiary/aromatic N) is 1. The summed E-state index contributed by atoms with van der Waals surface area (Å²) < 4.78 is 11.1. The minimum atomic E-state index is -1.39. The lowest BCUT2D eigenvalue weighted by atomic mass is 9.83. The van der Waals surface area contributed by atoms with E-state index in [4.69, 9.17) is 15.9 Å². The molecule has 0 aliphatic rings. The number of hydrogen-bond acceptors (Lipinski definition) is 6. The molecular weight excluding hydrogens is 382 g/mol. The Morgan fingerprint density at radius 2 is 1.67 bits per heavy atom. The molecular formula is C24H45NO5. The van der Waals surface area contributed by atoms with E-state index in [2.05, 4.69) is 19.8 Å². The van der Waals surface area contributed by atoms with Gasteiger partial charge >= 0.3 is 5.97 Å². The number of esters is 1. The van der Waals surface area contributed by atoms with Crippen molar-refractivity contribution in [1.29, 1.82) is 0 Å². The Balaban J connectivity index is 4.85. The van der Waals surface area contributed by atoms with Gasteiger partial charge in [-0.15, -0.1) is 6.42 Å². The Morgan fingerprint density at radius 1 is 1.10 bits per heavy atom. The zero-order valence-electron chi connectivity index (χ0n) is 20.6. The van der Waals surface area contributed by atoms with Gasteiger partial charge in [-0.05, 0) is 66.0 Å². The van der Waals surface area contributed by atoms with Crippen LogP contribution in [-0.4, -0.2) is 71.7 Å². The number of carbonyl (C=O) groups is 1. The Hall–Kier alpha value is -1.13. The minimum absolute atomic E-state index is 0.0666. The average Bonchev–Trinajstić information content (AvgIpc) is 2.57. The first-order valence-corrected chi connectivity index (χ1v) is 11.0. The molecule has 0 rings (SSSR count). The first kappa shape index (κ1) is 28.9. The summed E-state index contributed by atoms with van der Waals surface area (Å²) >= 11 is 0. The number of hydrogen-bond donors (Lipinski definition) is 2. The van der Waals surface area contributed by atoms with Crippen molar-refractivity contribution in [3.05, 3.63) is 0 Å². The third-order valence-corrected chi connectivity index (χ3v) is 5.51. The van der Waals surface area contributed by atoms with Gasteiger partial charge in [0, 0.05) is 6.04 Å². The molecule has 2 N–H and O–H groups in total. The van der Waals surface area contributed by atoms with Crippen LogP contribution in [0, 0.1) is 30.1 Å². The van der Waals surface area contributed by atoms with Crippen LogP contribution in [0.15, 0.2) is 0 Å². The first-order valence-electron chi connectivity index (χ1n) is 11.0. The quantitative estimate of drug-likeness (QED) is 0.328. The van der Waals surface area contributed by atoms with E-state index in [-0.39, 0.29) is 37.1 Å². The summed E-state index contributed by atoms with van der Waals surface area (Å²) in [6, 6.07) is -0.132. The van der Waals surface area contributed by atoms with Crippen LogP contribution in [0.25, 0.3) is 0 Å². The molecule has 176 valence electrons. The predicted octanol–water partition coefficient (Wildman–Crippen LogP) is 3.10. The molecule has 0 aromatic rings. The Bertz CT molecular complexity index is 550. The fourth-order valence-electron chi connectivity index (χ4n) is 4.19. The lowest BCUT2D eigenvalue weighted by Gasteiger charge is -2.38. The summed E-state index contributed by atoms with van der Waals surface area (Å²) in [6.07, 6.45) is 6.65. The molecule has 0 saturated heterocycles. The molecule has 0 saturated carbocycles. The highest BCUT2D eigenvalue weighted by Crippen LogP contribution is 2.28. The average molecular weight is 428 g/mol. The van der Waals surface area contributed by atoms with Crippen LogP contribution in [-0.2, 0) is 14.3 Å². The van der Waals surface area contributed by atoms with E-state index in [0.29, 0.717) is 18.8 Å². The second-order valence-electron chi connectivity index (χ2n) is 10.1. The van der Waals surface area contributed by atoms with E-state index >= 15 is 0 Å². The molecule has 6 heteroatoms. The summed E-state index contributed by atoms with van der Waals surface area (Å²) in [5.41, 5.74) is -2.13. The molecule has 30 heavy (non-hydrogen) atoms. The molecule has 0 bridgehead atoms. The van der Waals surface area contributed by atoms with Crippen LogP contribution in [0.4, 0.5) is 0 Å². The molecule has 0 aliphatic carbocycles.